The largest absolute Gasteiger partial charge is 0.493 e. The predicted molar refractivity (Wildman–Crippen MR) is 172 cm³/mol. The van der Waals surface area contributed by atoms with Crippen molar-refractivity contribution in [3.63, 3.8) is 0 Å². The van der Waals surface area contributed by atoms with Crippen LogP contribution in [0.3, 0.4) is 0 Å². The Bertz CT molecular complexity index is 1360. The van der Waals surface area contributed by atoms with Gasteiger partial charge < -0.3 is 88.2 Å². The first-order valence-electron chi connectivity index (χ1n) is 16.7. The third-order valence-electron chi connectivity index (χ3n) is 10.1. The number of aliphatic hydroxyl groups excluding tert-OH is 8. The van der Waals surface area contributed by atoms with E-state index < -0.39 is 86.8 Å². The Hall–Kier alpha value is -3.24. The standard InChI is InChI=1S/C34H46O18/c1-43-17-5-13(6-18(44-2)31(17)51-33-27(41)25(39)23(37)21(9-35)49-33)29-15-11-48-30(16(15)12-47-29)14-7-19(45-3)32(20(8-14)46-4)52-34-28(42)26(40)24(38)22(10-36)50-34/h5-8,15-16,21-30,33-42H,9-12H2,1-4H3/t15?,16?,21-,22-,23-,24-,25+,26+,27-,28-,29-,30?,33+,34+/m1/s1. The van der Waals surface area contributed by atoms with Crippen LogP contribution < -0.4 is 28.4 Å². The molecule has 3 unspecified atom stereocenters. The lowest BCUT2D eigenvalue weighted by Crippen LogP contribution is -2.60. The smallest absolute Gasteiger partial charge is 0.229 e. The average Bonchev–Trinajstić information content (AvgIpc) is 3.78. The molecule has 0 aliphatic carbocycles. The maximum absolute atomic E-state index is 10.5. The van der Waals surface area contributed by atoms with Gasteiger partial charge in [0.2, 0.25) is 24.1 Å². The lowest BCUT2D eigenvalue weighted by molar-refractivity contribution is -0.277. The van der Waals surface area contributed by atoms with E-state index >= 15 is 0 Å². The third-order valence-corrected chi connectivity index (χ3v) is 10.1. The van der Waals surface area contributed by atoms with Crippen molar-refractivity contribution in [1.82, 2.24) is 0 Å². The van der Waals surface area contributed by atoms with Crippen molar-refractivity contribution in [2.24, 2.45) is 11.8 Å². The first-order valence-corrected chi connectivity index (χ1v) is 16.7. The molecule has 2 aromatic rings. The molecule has 18 nitrogen and oxygen atoms in total. The average molecular weight is 743 g/mol. The minimum atomic E-state index is -1.65. The van der Waals surface area contributed by atoms with Gasteiger partial charge in [0.1, 0.15) is 48.8 Å². The van der Waals surface area contributed by atoms with Gasteiger partial charge in [-0.05, 0) is 35.4 Å². The van der Waals surface area contributed by atoms with Crippen LogP contribution in [-0.2, 0) is 18.9 Å². The van der Waals surface area contributed by atoms with Crippen molar-refractivity contribution in [2.75, 3.05) is 54.9 Å². The molecule has 8 N–H and O–H groups in total. The van der Waals surface area contributed by atoms with Crippen LogP contribution in [0.25, 0.3) is 0 Å². The molecule has 4 fully saturated rings. The van der Waals surface area contributed by atoms with E-state index in [1.807, 2.05) is 0 Å². The number of aliphatic hydroxyl groups is 8. The minimum Gasteiger partial charge on any atom is -0.493 e. The number of fused-ring (bicyclic) bond motifs is 1. The fraction of sp³-hybridized carbons (Fsp3) is 0.647. The number of rotatable bonds is 12. The molecule has 4 aliphatic rings. The summed E-state index contributed by atoms with van der Waals surface area (Å²) in [5.74, 6) is 0.683. The summed E-state index contributed by atoms with van der Waals surface area (Å²) in [5.41, 5.74) is 1.37. The Morgan fingerprint density at radius 1 is 0.519 bits per heavy atom. The van der Waals surface area contributed by atoms with Crippen LogP contribution in [0, 0.1) is 11.8 Å². The number of benzene rings is 2. The first-order chi connectivity index (χ1) is 25.0. The highest BCUT2D eigenvalue weighted by Gasteiger charge is 2.50. The SMILES string of the molecule is COc1cc(C2OCC3C2CO[C@@H]3c2cc(OC)c(O[C@@H]3O[C@H](CO)[C@@H](O)[C@H](O)[C@H]3O)c(OC)c2)cc(OC)c1O[C@@H]1O[C@H](CO)[C@@H](O)[C@H](O)[C@H]1O. The summed E-state index contributed by atoms with van der Waals surface area (Å²) in [6, 6.07) is 6.78. The molecule has 52 heavy (non-hydrogen) atoms. The molecule has 290 valence electrons. The molecule has 0 aromatic heterocycles. The van der Waals surface area contributed by atoms with Crippen molar-refractivity contribution < 1.29 is 88.2 Å². The van der Waals surface area contributed by atoms with Crippen molar-refractivity contribution in [1.29, 1.82) is 0 Å². The number of hydrogen-bond donors (Lipinski definition) is 8. The fourth-order valence-corrected chi connectivity index (χ4v) is 7.16. The van der Waals surface area contributed by atoms with E-state index in [4.69, 9.17) is 47.4 Å². The molecular weight excluding hydrogens is 696 g/mol. The van der Waals surface area contributed by atoms with E-state index in [0.29, 0.717) is 24.3 Å². The van der Waals surface area contributed by atoms with Crippen LogP contribution in [0.1, 0.15) is 23.3 Å². The molecule has 0 saturated carbocycles. The Morgan fingerprint density at radius 2 is 0.846 bits per heavy atom. The molecule has 0 amide bonds. The molecule has 14 atom stereocenters. The van der Waals surface area contributed by atoms with E-state index in [9.17, 15) is 40.9 Å². The highest BCUT2D eigenvalue weighted by Crippen LogP contribution is 2.54. The highest BCUT2D eigenvalue weighted by molar-refractivity contribution is 5.56. The highest BCUT2D eigenvalue weighted by atomic mass is 16.7. The third kappa shape index (κ3) is 6.94. The Balaban J connectivity index is 1.22. The lowest BCUT2D eigenvalue weighted by Gasteiger charge is -2.39. The number of ether oxygens (including phenoxy) is 10. The van der Waals surface area contributed by atoms with Crippen LogP contribution in [0.4, 0.5) is 0 Å². The van der Waals surface area contributed by atoms with Crippen LogP contribution in [0.15, 0.2) is 24.3 Å². The maximum Gasteiger partial charge on any atom is 0.229 e. The number of methoxy groups -OCH3 is 4. The summed E-state index contributed by atoms with van der Waals surface area (Å²) in [5, 5.41) is 81.0. The van der Waals surface area contributed by atoms with Crippen molar-refractivity contribution in [3.05, 3.63) is 35.4 Å². The second-order valence-corrected chi connectivity index (χ2v) is 13.0. The van der Waals surface area contributed by atoms with Crippen molar-refractivity contribution in [2.45, 2.75) is 73.6 Å². The second-order valence-electron chi connectivity index (χ2n) is 13.0. The van der Waals surface area contributed by atoms with Crippen LogP contribution in [0.2, 0.25) is 0 Å². The van der Waals surface area contributed by atoms with E-state index in [1.165, 1.54) is 28.4 Å². The Labute approximate surface area is 298 Å². The van der Waals surface area contributed by atoms with Crippen LogP contribution in [-0.4, -0.2) is 157 Å². The molecule has 4 aliphatic heterocycles. The molecular formula is C34H46O18. The molecule has 4 heterocycles. The molecule has 6 rings (SSSR count). The lowest BCUT2D eigenvalue weighted by atomic mass is 9.84. The van der Waals surface area contributed by atoms with Gasteiger partial charge in [-0.2, -0.15) is 0 Å². The number of hydrogen-bond acceptors (Lipinski definition) is 18. The summed E-state index contributed by atoms with van der Waals surface area (Å²) in [7, 11) is 5.66. The van der Waals surface area contributed by atoms with E-state index in [2.05, 4.69) is 0 Å². The zero-order chi connectivity index (χ0) is 37.4. The molecule has 4 saturated heterocycles. The van der Waals surface area contributed by atoms with Gasteiger partial charge in [0, 0.05) is 11.8 Å². The maximum atomic E-state index is 10.5. The topological polar surface area (TPSA) is 254 Å². The molecule has 0 bridgehead atoms. The van der Waals surface area contributed by atoms with Gasteiger partial charge in [-0.25, -0.2) is 0 Å². The van der Waals surface area contributed by atoms with Crippen LogP contribution in [0.5, 0.6) is 34.5 Å². The minimum absolute atomic E-state index is 0.0541. The quantitative estimate of drug-likeness (QED) is 0.119. The molecule has 0 radical (unpaired) electrons. The Kier molecular flexibility index (Phi) is 11.8. The van der Waals surface area contributed by atoms with E-state index in [-0.39, 0.29) is 46.3 Å². The van der Waals surface area contributed by atoms with Gasteiger partial charge in [0.25, 0.3) is 0 Å². The van der Waals surface area contributed by atoms with E-state index in [1.54, 1.807) is 24.3 Å². The van der Waals surface area contributed by atoms with E-state index in [0.717, 1.165) is 0 Å². The van der Waals surface area contributed by atoms with Gasteiger partial charge in [-0.3, -0.25) is 0 Å². The zero-order valence-electron chi connectivity index (χ0n) is 28.9. The van der Waals surface area contributed by atoms with Crippen LogP contribution >= 0.6 is 0 Å². The summed E-state index contributed by atoms with van der Waals surface area (Å²) in [6.45, 7) is -0.604. The van der Waals surface area contributed by atoms with Gasteiger partial charge in [0.05, 0.1) is 67.1 Å². The Morgan fingerprint density at radius 3 is 1.13 bits per heavy atom. The monoisotopic (exact) mass is 742 g/mol. The van der Waals surface area contributed by atoms with Gasteiger partial charge >= 0.3 is 0 Å². The molecule has 0 spiro atoms. The van der Waals surface area contributed by atoms with Gasteiger partial charge in [0.15, 0.2) is 23.0 Å². The summed E-state index contributed by atoms with van der Waals surface area (Å²) >= 11 is 0. The summed E-state index contributed by atoms with van der Waals surface area (Å²) in [4.78, 5) is 0. The molecule has 18 heteroatoms. The first kappa shape index (κ1) is 38.5. The van der Waals surface area contributed by atoms with Crippen molar-refractivity contribution >= 4 is 0 Å². The van der Waals surface area contributed by atoms with Crippen molar-refractivity contribution in [3.8, 4) is 34.5 Å². The normalized spacial score (nSPS) is 37.3. The fourth-order valence-electron chi connectivity index (χ4n) is 7.16. The second kappa shape index (κ2) is 16.0. The summed E-state index contributed by atoms with van der Waals surface area (Å²) < 4.78 is 58.0. The van der Waals surface area contributed by atoms with Gasteiger partial charge in [-0.15, -0.1) is 0 Å². The predicted octanol–water partition coefficient (Wildman–Crippen LogP) is -1.85. The van der Waals surface area contributed by atoms with Gasteiger partial charge in [-0.1, -0.05) is 0 Å². The molecule has 2 aromatic carbocycles. The summed E-state index contributed by atoms with van der Waals surface area (Å²) in [6.07, 6.45) is -15.9. The zero-order valence-corrected chi connectivity index (χ0v) is 28.9.